The average molecular weight is 464 g/mol. The molecule has 0 saturated heterocycles. The molecule has 0 bridgehead atoms. The first-order valence-corrected chi connectivity index (χ1v) is 10.3. The van der Waals surface area contributed by atoms with Crippen molar-refractivity contribution in [3.05, 3.63) is 77.7 Å². The van der Waals surface area contributed by atoms with Crippen LogP contribution in [-0.2, 0) is 20.9 Å². The third-order valence-corrected chi connectivity index (χ3v) is 4.58. The number of rotatable bonds is 9. The van der Waals surface area contributed by atoms with Crippen LogP contribution in [0.15, 0.2) is 70.4 Å². The Morgan fingerprint density at radius 3 is 2.59 bits per heavy atom. The highest BCUT2D eigenvalue weighted by Crippen LogP contribution is 2.30. The number of methoxy groups -OCH3 is 1. The van der Waals surface area contributed by atoms with Gasteiger partial charge in [-0.25, -0.2) is 5.43 Å². The molecule has 0 fully saturated rings. The quantitative estimate of drug-likeness (QED) is 0.253. The lowest BCUT2D eigenvalue weighted by Gasteiger charge is -2.13. The summed E-state index contributed by atoms with van der Waals surface area (Å²) in [4.78, 5) is 36.2. The number of anilines is 1. The summed E-state index contributed by atoms with van der Waals surface area (Å²) in [7, 11) is 1.46. The second-order valence-corrected chi connectivity index (χ2v) is 6.99. The van der Waals surface area contributed by atoms with Gasteiger partial charge >= 0.3 is 11.8 Å². The van der Waals surface area contributed by atoms with Gasteiger partial charge in [0.15, 0.2) is 18.1 Å². The molecule has 3 N–H and O–H groups in total. The third-order valence-electron chi connectivity index (χ3n) is 4.58. The number of furan rings is 1. The van der Waals surface area contributed by atoms with E-state index in [4.69, 9.17) is 13.9 Å². The average Bonchev–Trinajstić information content (AvgIpc) is 3.36. The van der Waals surface area contributed by atoms with E-state index in [0.717, 1.165) is 5.56 Å². The topological polar surface area (TPSA) is 131 Å². The number of hydrazone groups is 1. The van der Waals surface area contributed by atoms with Gasteiger partial charge in [-0.3, -0.25) is 14.4 Å². The van der Waals surface area contributed by atoms with Gasteiger partial charge in [0.1, 0.15) is 5.76 Å². The maximum atomic E-state index is 12.4. The Morgan fingerprint density at radius 1 is 1.03 bits per heavy atom. The number of benzene rings is 2. The molecule has 0 radical (unpaired) electrons. The number of nitrogens with one attached hydrogen (secondary N) is 3. The third kappa shape index (κ3) is 6.70. The smallest absolute Gasteiger partial charge is 0.329 e. The Labute approximate surface area is 195 Å². The minimum atomic E-state index is -0.953. The van der Waals surface area contributed by atoms with E-state index in [1.807, 2.05) is 25.1 Å². The van der Waals surface area contributed by atoms with Gasteiger partial charge < -0.3 is 24.5 Å². The second kappa shape index (κ2) is 11.9. The fourth-order valence-corrected chi connectivity index (χ4v) is 2.86. The molecule has 1 aromatic heterocycles. The number of carbonyl (C=O) groups is 3. The highest BCUT2D eigenvalue weighted by atomic mass is 16.5. The summed E-state index contributed by atoms with van der Waals surface area (Å²) in [6, 6.07) is 15.7. The van der Waals surface area contributed by atoms with Crippen LogP contribution in [0.2, 0.25) is 0 Å². The number of hydrogen-bond acceptors (Lipinski definition) is 7. The van der Waals surface area contributed by atoms with Gasteiger partial charge in [0.05, 0.1) is 26.1 Å². The van der Waals surface area contributed by atoms with Crippen molar-refractivity contribution in [3.8, 4) is 11.5 Å². The normalized spacial score (nSPS) is 10.5. The Bertz CT molecular complexity index is 1170. The lowest BCUT2D eigenvalue weighted by atomic mass is 10.2. The zero-order valence-corrected chi connectivity index (χ0v) is 18.7. The van der Waals surface area contributed by atoms with Crippen LogP contribution < -0.4 is 25.5 Å². The Morgan fingerprint density at radius 2 is 1.85 bits per heavy atom. The number of aryl methyl sites for hydroxylation is 1. The van der Waals surface area contributed by atoms with E-state index < -0.39 is 11.8 Å². The monoisotopic (exact) mass is 464 g/mol. The Balaban J connectivity index is 1.59. The van der Waals surface area contributed by atoms with Gasteiger partial charge in [0.2, 0.25) is 0 Å². The summed E-state index contributed by atoms with van der Waals surface area (Å²) in [6.07, 6.45) is 2.75. The van der Waals surface area contributed by atoms with E-state index in [2.05, 4.69) is 21.2 Å². The number of ether oxygens (including phenoxy) is 2. The van der Waals surface area contributed by atoms with Crippen LogP contribution in [0.5, 0.6) is 11.5 Å². The molecule has 3 aromatic rings. The van der Waals surface area contributed by atoms with Gasteiger partial charge in [-0.1, -0.05) is 24.3 Å². The van der Waals surface area contributed by atoms with E-state index in [9.17, 15) is 14.4 Å². The van der Waals surface area contributed by atoms with Crippen LogP contribution in [0, 0.1) is 6.92 Å². The van der Waals surface area contributed by atoms with Crippen molar-refractivity contribution in [2.45, 2.75) is 13.5 Å². The van der Waals surface area contributed by atoms with E-state index in [0.29, 0.717) is 22.8 Å². The molecule has 3 amide bonds. The summed E-state index contributed by atoms with van der Waals surface area (Å²) >= 11 is 0. The highest BCUT2D eigenvalue weighted by Gasteiger charge is 2.14. The molecule has 0 unspecified atom stereocenters. The van der Waals surface area contributed by atoms with Crippen molar-refractivity contribution in [2.75, 3.05) is 19.0 Å². The summed E-state index contributed by atoms with van der Waals surface area (Å²) in [6.45, 7) is 1.68. The number of para-hydroxylation sites is 2. The largest absolute Gasteiger partial charge is 0.493 e. The lowest BCUT2D eigenvalue weighted by molar-refractivity contribution is -0.139. The minimum absolute atomic E-state index is 0.0708. The van der Waals surface area contributed by atoms with E-state index in [-0.39, 0.29) is 24.8 Å². The second-order valence-electron chi connectivity index (χ2n) is 6.99. The molecule has 0 aliphatic rings. The molecule has 10 heteroatoms. The predicted octanol–water partition coefficient (Wildman–Crippen LogP) is 2.38. The maximum Gasteiger partial charge on any atom is 0.329 e. The van der Waals surface area contributed by atoms with Crippen molar-refractivity contribution in [1.82, 2.24) is 10.7 Å². The molecule has 34 heavy (non-hydrogen) atoms. The van der Waals surface area contributed by atoms with Crippen molar-refractivity contribution in [2.24, 2.45) is 5.10 Å². The molecule has 176 valence electrons. The zero-order valence-electron chi connectivity index (χ0n) is 18.7. The van der Waals surface area contributed by atoms with E-state index in [1.165, 1.54) is 19.6 Å². The van der Waals surface area contributed by atoms with Crippen molar-refractivity contribution >= 4 is 29.6 Å². The van der Waals surface area contributed by atoms with Gasteiger partial charge in [-0.15, -0.1) is 0 Å². The summed E-state index contributed by atoms with van der Waals surface area (Å²) < 4.78 is 16.1. The fourth-order valence-electron chi connectivity index (χ4n) is 2.86. The number of amides is 3. The maximum absolute atomic E-state index is 12.4. The number of hydrogen-bond donors (Lipinski definition) is 3. The summed E-state index contributed by atoms with van der Waals surface area (Å²) in [5.41, 5.74) is 4.18. The first kappa shape index (κ1) is 24.1. The van der Waals surface area contributed by atoms with E-state index >= 15 is 0 Å². The standard InChI is InChI=1S/C24H24N4O6/c1-16-7-3-4-10-19(16)27-21(29)15-34-22-17(8-5-11-20(22)32-2)13-26-28-24(31)23(30)25-14-18-9-6-12-33-18/h3-13H,14-15H2,1-2H3,(H,25,30)(H,27,29)(H,28,31)/b26-13-. The Hall–Kier alpha value is -4.60. The Kier molecular flexibility index (Phi) is 8.39. The van der Waals surface area contributed by atoms with Crippen LogP contribution in [-0.4, -0.2) is 37.7 Å². The van der Waals surface area contributed by atoms with Crippen LogP contribution >= 0.6 is 0 Å². The zero-order chi connectivity index (χ0) is 24.3. The molecule has 0 spiro atoms. The molecule has 3 rings (SSSR count). The SMILES string of the molecule is COc1cccc(/C=N\NC(=O)C(=O)NCc2ccco2)c1OCC(=O)Nc1ccccc1C. The molecule has 2 aromatic carbocycles. The first-order valence-electron chi connectivity index (χ1n) is 10.3. The molecule has 0 atom stereocenters. The van der Waals surface area contributed by atoms with Gasteiger partial charge in [0.25, 0.3) is 5.91 Å². The number of carbonyl (C=O) groups excluding carboxylic acids is 3. The number of nitrogens with zero attached hydrogens (tertiary/aromatic N) is 1. The van der Waals surface area contributed by atoms with Crippen molar-refractivity contribution < 1.29 is 28.3 Å². The van der Waals surface area contributed by atoms with Gasteiger partial charge in [-0.05, 0) is 42.8 Å². The summed E-state index contributed by atoms with van der Waals surface area (Å²) in [5, 5.41) is 9.00. The molecule has 1 heterocycles. The van der Waals surface area contributed by atoms with Crippen molar-refractivity contribution in [1.29, 1.82) is 0 Å². The molecule has 0 aliphatic carbocycles. The van der Waals surface area contributed by atoms with Crippen LogP contribution in [0.25, 0.3) is 0 Å². The predicted molar refractivity (Wildman–Crippen MR) is 125 cm³/mol. The van der Waals surface area contributed by atoms with Crippen molar-refractivity contribution in [3.63, 3.8) is 0 Å². The summed E-state index contributed by atoms with van der Waals surface area (Å²) in [5.74, 6) is -1.05. The molecular formula is C24H24N4O6. The lowest BCUT2D eigenvalue weighted by Crippen LogP contribution is -2.37. The van der Waals surface area contributed by atoms with Crippen LogP contribution in [0.4, 0.5) is 5.69 Å². The molecule has 10 nitrogen and oxygen atoms in total. The van der Waals surface area contributed by atoms with Crippen LogP contribution in [0.3, 0.4) is 0 Å². The van der Waals surface area contributed by atoms with E-state index in [1.54, 1.807) is 36.4 Å². The first-order chi connectivity index (χ1) is 16.5. The molecular weight excluding hydrogens is 440 g/mol. The van der Waals surface area contributed by atoms with Gasteiger partial charge in [-0.2, -0.15) is 5.10 Å². The van der Waals surface area contributed by atoms with Gasteiger partial charge in [0, 0.05) is 11.3 Å². The minimum Gasteiger partial charge on any atom is -0.493 e. The molecule has 0 saturated carbocycles. The van der Waals surface area contributed by atoms with Crippen LogP contribution in [0.1, 0.15) is 16.9 Å². The fraction of sp³-hybridized carbons (Fsp3) is 0.167. The molecule has 0 aliphatic heterocycles. The highest BCUT2D eigenvalue weighted by molar-refractivity contribution is 6.35.